The van der Waals surface area contributed by atoms with Gasteiger partial charge in [0.15, 0.2) is 0 Å². The van der Waals surface area contributed by atoms with E-state index in [0.29, 0.717) is 5.88 Å². The lowest BCUT2D eigenvalue weighted by molar-refractivity contribution is 1.13. The number of alkyl halides is 1. The van der Waals surface area contributed by atoms with Gasteiger partial charge in [0.1, 0.15) is 0 Å². The predicted octanol–water partition coefficient (Wildman–Crippen LogP) is 2.86. The van der Waals surface area contributed by atoms with Crippen molar-refractivity contribution in [1.82, 2.24) is 4.98 Å². The molecule has 0 fully saturated rings. The molecule has 0 amide bonds. The molecule has 0 saturated carbocycles. The van der Waals surface area contributed by atoms with Crippen LogP contribution in [0.5, 0.6) is 0 Å². The molecule has 1 nitrogen and oxygen atoms in total. The second-order valence-electron chi connectivity index (χ2n) is 2.39. The highest BCUT2D eigenvalue weighted by atomic mass is 35.5. The molecule has 1 heterocycles. The summed E-state index contributed by atoms with van der Waals surface area (Å²) in [5.74, 6) is 0.555. The maximum atomic E-state index is 5.64. The van der Waals surface area contributed by atoms with E-state index in [9.17, 15) is 0 Å². The Balaban J connectivity index is 0.000001000. The van der Waals surface area contributed by atoms with Crippen molar-refractivity contribution < 1.29 is 0 Å². The SMILES string of the molecule is Cc1cc(C)c(CCl)cn1.Cl. The maximum absolute atomic E-state index is 5.64. The van der Waals surface area contributed by atoms with Gasteiger partial charge in [0.2, 0.25) is 0 Å². The minimum atomic E-state index is 0. The molecule has 0 N–H and O–H groups in total. The maximum Gasteiger partial charge on any atom is 0.0491 e. The number of halogens is 2. The van der Waals surface area contributed by atoms with Crippen LogP contribution in [0.25, 0.3) is 0 Å². The van der Waals surface area contributed by atoms with Crippen molar-refractivity contribution in [3.8, 4) is 0 Å². The second-order valence-corrected chi connectivity index (χ2v) is 2.65. The lowest BCUT2D eigenvalue weighted by atomic mass is 10.1. The second kappa shape index (κ2) is 4.58. The first-order valence-corrected chi connectivity index (χ1v) is 3.75. The van der Waals surface area contributed by atoms with Crippen LogP contribution in [0.2, 0.25) is 0 Å². The molecule has 0 bridgehead atoms. The van der Waals surface area contributed by atoms with Gasteiger partial charge in [-0.25, -0.2) is 0 Å². The number of pyridine rings is 1. The van der Waals surface area contributed by atoms with Gasteiger partial charge >= 0.3 is 0 Å². The van der Waals surface area contributed by atoms with Crippen LogP contribution in [-0.2, 0) is 5.88 Å². The van der Waals surface area contributed by atoms with Crippen LogP contribution < -0.4 is 0 Å². The van der Waals surface area contributed by atoms with Gasteiger partial charge in [-0.05, 0) is 31.0 Å². The Morgan fingerprint density at radius 2 is 2.09 bits per heavy atom. The van der Waals surface area contributed by atoms with Crippen LogP contribution in [-0.4, -0.2) is 4.98 Å². The fourth-order valence-corrected chi connectivity index (χ4v) is 1.14. The molecule has 0 atom stereocenters. The Morgan fingerprint density at radius 1 is 1.45 bits per heavy atom. The molecule has 0 aliphatic heterocycles. The van der Waals surface area contributed by atoms with Crippen molar-refractivity contribution in [2.75, 3.05) is 0 Å². The summed E-state index contributed by atoms with van der Waals surface area (Å²) in [5, 5.41) is 0. The summed E-state index contributed by atoms with van der Waals surface area (Å²) in [6.07, 6.45) is 1.83. The standard InChI is InChI=1S/C8H10ClN.ClH/c1-6-3-7(2)10-5-8(6)4-9;/h3,5H,4H2,1-2H3;1H. The molecule has 0 aromatic carbocycles. The molecular formula is C8H11Cl2N. The highest BCUT2D eigenvalue weighted by molar-refractivity contribution is 6.17. The molecule has 62 valence electrons. The van der Waals surface area contributed by atoms with Gasteiger partial charge in [0, 0.05) is 17.8 Å². The molecule has 0 saturated heterocycles. The van der Waals surface area contributed by atoms with Crippen LogP contribution in [0.4, 0.5) is 0 Å². The average Bonchev–Trinajstić information content (AvgIpc) is 1.88. The summed E-state index contributed by atoms with van der Waals surface area (Å²) >= 11 is 5.64. The van der Waals surface area contributed by atoms with Gasteiger partial charge in [-0.15, -0.1) is 24.0 Å². The smallest absolute Gasteiger partial charge is 0.0491 e. The first-order chi connectivity index (χ1) is 4.74. The minimum Gasteiger partial charge on any atom is -0.261 e. The molecule has 0 unspecified atom stereocenters. The normalized spacial score (nSPS) is 9.00. The van der Waals surface area contributed by atoms with Crippen molar-refractivity contribution in [2.24, 2.45) is 0 Å². The molecule has 0 aliphatic carbocycles. The Labute approximate surface area is 78.2 Å². The van der Waals surface area contributed by atoms with Crippen LogP contribution in [0, 0.1) is 13.8 Å². The molecule has 0 aliphatic rings. The first-order valence-electron chi connectivity index (χ1n) is 3.22. The summed E-state index contributed by atoms with van der Waals surface area (Å²) in [6, 6.07) is 2.04. The monoisotopic (exact) mass is 191 g/mol. The molecule has 0 spiro atoms. The molecule has 3 heteroatoms. The average molecular weight is 192 g/mol. The Hall–Kier alpha value is -0.270. The predicted molar refractivity (Wildman–Crippen MR) is 50.5 cm³/mol. The first kappa shape index (κ1) is 10.7. The summed E-state index contributed by atoms with van der Waals surface area (Å²) in [6.45, 7) is 4.03. The Morgan fingerprint density at radius 3 is 2.55 bits per heavy atom. The Kier molecular flexibility index (Phi) is 4.46. The quantitative estimate of drug-likeness (QED) is 0.623. The molecule has 1 aromatic rings. The van der Waals surface area contributed by atoms with E-state index in [-0.39, 0.29) is 12.4 Å². The van der Waals surface area contributed by atoms with Crippen LogP contribution in [0.1, 0.15) is 16.8 Å². The third kappa shape index (κ3) is 2.68. The molecule has 11 heavy (non-hydrogen) atoms. The summed E-state index contributed by atoms with van der Waals surface area (Å²) in [5.41, 5.74) is 3.39. The summed E-state index contributed by atoms with van der Waals surface area (Å²) in [7, 11) is 0. The number of hydrogen-bond donors (Lipinski definition) is 0. The molecule has 1 rings (SSSR count). The minimum absolute atomic E-state index is 0. The highest BCUT2D eigenvalue weighted by Gasteiger charge is 1.95. The van der Waals surface area contributed by atoms with Gasteiger partial charge in [0.25, 0.3) is 0 Å². The lowest BCUT2D eigenvalue weighted by Crippen LogP contribution is -1.88. The zero-order chi connectivity index (χ0) is 7.56. The van der Waals surface area contributed by atoms with E-state index in [4.69, 9.17) is 11.6 Å². The zero-order valence-corrected chi connectivity index (χ0v) is 8.17. The Bertz CT molecular complexity index is 236. The van der Waals surface area contributed by atoms with Gasteiger partial charge in [-0.2, -0.15) is 0 Å². The summed E-state index contributed by atoms with van der Waals surface area (Å²) in [4.78, 5) is 4.13. The van der Waals surface area contributed by atoms with E-state index in [0.717, 1.165) is 11.3 Å². The zero-order valence-electron chi connectivity index (χ0n) is 6.60. The van der Waals surface area contributed by atoms with Gasteiger partial charge < -0.3 is 0 Å². The fraction of sp³-hybridized carbons (Fsp3) is 0.375. The third-order valence-electron chi connectivity index (χ3n) is 1.50. The largest absolute Gasteiger partial charge is 0.261 e. The van der Waals surface area contributed by atoms with Crippen molar-refractivity contribution >= 4 is 24.0 Å². The highest BCUT2D eigenvalue weighted by Crippen LogP contribution is 2.09. The number of hydrogen-bond acceptors (Lipinski definition) is 1. The van der Waals surface area contributed by atoms with E-state index in [1.54, 1.807) is 0 Å². The van der Waals surface area contributed by atoms with E-state index in [2.05, 4.69) is 4.98 Å². The number of nitrogens with zero attached hydrogens (tertiary/aromatic N) is 1. The number of rotatable bonds is 1. The number of aromatic nitrogens is 1. The van der Waals surface area contributed by atoms with Gasteiger partial charge in [0.05, 0.1) is 0 Å². The molecule has 1 aromatic heterocycles. The fourth-order valence-electron chi connectivity index (χ4n) is 0.865. The van der Waals surface area contributed by atoms with Crippen LogP contribution >= 0.6 is 24.0 Å². The van der Waals surface area contributed by atoms with Gasteiger partial charge in [-0.3, -0.25) is 4.98 Å². The van der Waals surface area contributed by atoms with Gasteiger partial charge in [-0.1, -0.05) is 0 Å². The summed E-state index contributed by atoms with van der Waals surface area (Å²) < 4.78 is 0. The van der Waals surface area contributed by atoms with Crippen molar-refractivity contribution in [3.05, 3.63) is 29.1 Å². The lowest BCUT2D eigenvalue weighted by Gasteiger charge is -2.00. The van der Waals surface area contributed by atoms with Crippen molar-refractivity contribution in [2.45, 2.75) is 19.7 Å². The third-order valence-corrected chi connectivity index (χ3v) is 1.79. The molecule has 0 radical (unpaired) electrons. The van der Waals surface area contributed by atoms with E-state index < -0.39 is 0 Å². The van der Waals surface area contributed by atoms with Crippen molar-refractivity contribution in [1.29, 1.82) is 0 Å². The van der Waals surface area contributed by atoms with E-state index in [1.807, 2.05) is 26.1 Å². The van der Waals surface area contributed by atoms with E-state index in [1.165, 1.54) is 5.56 Å². The van der Waals surface area contributed by atoms with Crippen molar-refractivity contribution in [3.63, 3.8) is 0 Å². The van der Waals surface area contributed by atoms with E-state index >= 15 is 0 Å². The molecular weight excluding hydrogens is 181 g/mol. The topological polar surface area (TPSA) is 12.9 Å². The van der Waals surface area contributed by atoms with Crippen LogP contribution in [0.3, 0.4) is 0 Å². The number of aryl methyl sites for hydroxylation is 2. The van der Waals surface area contributed by atoms with Crippen LogP contribution in [0.15, 0.2) is 12.3 Å².